The largest absolute Gasteiger partial charge is 0.479 e. The molecular weight excluding hydrogens is 406 g/mol. The van der Waals surface area contributed by atoms with Crippen molar-refractivity contribution < 1.29 is 22.7 Å². The molecule has 9 heteroatoms. The van der Waals surface area contributed by atoms with Crippen molar-refractivity contribution in [2.24, 2.45) is 0 Å². The summed E-state index contributed by atoms with van der Waals surface area (Å²) in [5.74, 6) is -0.333. The van der Waals surface area contributed by atoms with Crippen LogP contribution in [0, 0.1) is 6.92 Å². The smallest absolute Gasteiger partial charge is 0.265 e. The van der Waals surface area contributed by atoms with Gasteiger partial charge in [-0.25, -0.2) is 8.42 Å². The second kappa shape index (κ2) is 7.73. The topological polar surface area (TPSA) is 105 Å². The number of amides is 2. The standard InChI is InChI=1S/C21H23N3O5S/c1-13-11-16-18(29-14(2)20(25)23-16)12-19(13)30(27,28)24-10-6-9-17(24)21(26)22-15-7-4-3-5-8-15/h3-5,7-8,11-12,14,17H,6,9-10H2,1-2H3,(H,22,26)(H,23,25). The molecule has 1 saturated heterocycles. The summed E-state index contributed by atoms with van der Waals surface area (Å²) in [5.41, 5.74) is 1.53. The maximum absolute atomic E-state index is 13.5. The molecular formula is C21H23N3O5S. The summed E-state index contributed by atoms with van der Waals surface area (Å²) in [6.07, 6.45) is 0.331. The third-order valence-corrected chi connectivity index (χ3v) is 7.39. The van der Waals surface area contributed by atoms with Crippen molar-refractivity contribution in [1.82, 2.24) is 4.31 Å². The van der Waals surface area contributed by atoms with Gasteiger partial charge in [-0.1, -0.05) is 18.2 Å². The number of aryl methyl sites for hydroxylation is 1. The van der Waals surface area contributed by atoms with E-state index >= 15 is 0 Å². The molecule has 0 bridgehead atoms. The van der Waals surface area contributed by atoms with Crippen LogP contribution in [0.15, 0.2) is 47.4 Å². The summed E-state index contributed by atoms with van der Waals surface area (Å²) in [5, 5.41) is 5.51. The van der Waals surface area contributed by atoms with Crippen LogP contribution in [0.25, 0.3) is 0 Å². The van der Waals surface area contributed by atoms with Crippen molar-refractivity contribution in [3.05, 3.63) is 48.0 Å². The lowest BCUT2D eigenvalue weighted by atomic mass is 10.1. The van der Waals surface area contributed by atoms with Gasteiger partial charge in [0, 0.05) is 18.3 Å². The monoisotopic (exact) mass is 429 g/mol. The van der Waals surface area contributed by atoms with E-state index in [4.69, 9.17) is 4.74 Å². The first-order valence-electron chi connectivity index (χ1n) is 9.77. The third kappa shape index (κ3) is 3.66. The summed E-state index contributed by atoms with van der Waals surface area (Å²) in [4.78, 5) is 24.7. The van der Waals surface area contributed by atoms with E-state index in [9.17, 15) is 18.0 Å². The highest BCUT2D eigenvalue weighted by Gasteiger charge is 2.40. The van der Waals surface area contributed by atoms with E-state index in [0.29, 0.717) is 35.5 Å². The van der Waals surface area contributed by atoms with Crippen LogP contribution < -0.4 is 15.4 Å². The number of anilines is 2. The first kappa shape index (κ1) is 20.4. The fourth-order valence-corrected chi connectivity index (χ4v) is 5.66. The number of ether oxygens (including phenoxy) is 1. The molecule has 0 radical (unpaired) electrons. The van der Waals surface area contributed by atoms with Crippen LogP contribution in [-0.2, 0) is 19.6 Å². The Morgan fingerprint density at radius 1 is 1.23 bits per heavy atom. The van der Waals surface area contributed by atoms with Crippen LogP contribution >= 0.6 is 0 Å². The number of sulfonamides is 1. The SMILES string of the molecule is Cc1cc2c(cc1S(=O)(=O)N1CCCC1C(=O)Nc1ccccc1)OC(C)C(=O)N2. The zero-order valence-electron chi connectivity index (χ0n) is 16.7. The maximum Gasteiger partial charge on any atom is 0.265 e. The van der Waals surface area contributed by atoms with Gasteiger partial charge in [0.1, 0.15) is 11.8 Å². The second-order valence-electron chi connectivity index (χ2n) is 7.49. The predicted octanol–water partition coefficient (Wildman–Crippen LogP) is 2.51. The van der Waals surface area contributed by atoms with Gasteiger partial charge in [-0.3, -0.25) is 9.59 Å². The van der Waals surface area contributed by atoms with Crippen molar-refractivity contribution >= 4 is 33.2 Å². The number of para-hydroxylation sites is 1. The van der Waals surface area contributed by atoms with Crippen molar-refractivity contribution in [1.29, 1.82) is 0 Å². The highest BCUT2D eigenvalue weighted by atomic mass is 32.2. The van der Waals surface area contributed by atoms with Gasteiger partial charge in [-0.15, -0.1) is 0 Å². The molecule has 2 aliphatic rings. The van der Waals surface area contributed by atoms with E-state index in [-0.39, 0.29) is 23.3 Å². The molecule has 2 heterocycles. The van der Waals surface area contributed by atoms with E-state index in [1.54, 1.807) is 44.2 Å². The zero-order valence-corrected chi connectivity index (χ0v) is 17.5. The summed E-state index contributed by atoms with van der Waals surface area (Å²) in [6.45, 7) is 3.52. The molecule has 2 aromatic rings. The quantitative estimate of drug-likeness (QED) is 0.777. The van der Waals surface area contributed by atoms with Gasteiger partial charge in [0.15, 0.2) is 6.10 Å². The minimum absolute atomic E-state index is 0.0732. The van der Waals surface area contributed by atoms with Crippen LogP contribution in [0.2, 0.25) is 0 Å². The molecule has 0 aromatic heterocycles. The predicted molar refractivity (Wildman–Crippen MR) is 112 cm³/mol. The lowest BCUT2D eigenvalue weighted by Crippen LogP contribution is -2.43. The van der Waals surface area contributed by atoms with Crippen molar-refractivity contribution in [3.8, 4) is 5.75 Å². The highest BCUT2D eigenvalue weighted by Crippen LogP contribution is 2.37. The summed E-state index contributed by atoms with van der Waals surface area (Å²) in [7, 11) is -3.94. The second-order valence-corrected chi connectivity index (χ2v) is 9.35. The van der Waals surface area contributed by atoms with Gasteiger partial charge >= 0.3 is 0 Å². The maximum atomic E-state index is 13.5. The Kier molecular flexibility index (Phi) is 5.25. The molecule has 158 valence electrons. The summed E-state index contributed by atoms with van der Waals surface area (Å²) in [6, 6.07) is 11.2. The molecule has 2 atom stereocenters. The third-order valence-electron chi connectivity index (χ3n) is 5.34. The van der Waals surface area contributed by atoms with E-state index in [2.05, 4.69) is 10.6 Å². The minimum Gasteiger partial charge on any atom is -0.479 e. The van der Waals surface area contributed by atoms with Gasteiger partial charge in [0.05, 0.1) is 10.6 Å². The van der Waals surface area contributed by atoms with E-state index in [1.165, 1.54) is 10.4 Å². The molecule has 4 rings (SSSR count). The molecule has 2 amide bonds. The first-order valence-corrected chi connectivity index (χ1v) is 11.2. The average Bonchev–Trinajstić information content (AvgIpc) is 3.20. The summed E-state index contributed by atoms with van der Waals surface area (Å²) >= 11 is 0. The van der Waals surface area contributed by atoms with Gasteiger partial charge < -0.3 is 15.4 Å². The minimum atomic E-state index is -3.94. The molecule has 2 N–H and O–H groups in total. The van der Waals surface area contributed by atoms with Crippen LogP contribution in [0.5, 0.6) is 5.75 Å². The lowest BCUT2D eigenvalue weighted by Gasteiger charge is -2.27. The lowest BCUT2D eigenvalue weighted by molar-refractivity contribution is -0.122. The summed E-state index contributed by atoms with van der Waals surface area (Å²) < 4.78 is 33.7. The van der Waals surface area contributed by atoms with Gasteiger partial charge in [-0.05, 0) is 50.5 Å². The first-order chi connectivity index (χ1) is 14.3. The Hall–Kier alpha value is -2.91. The number of carbonyl (C=O) groups excluding carboxylic acids is 2. The number of fused-ring (bicyclic) bond motifs is 1. The van der Waals surface area contributed by atoms with Gasteiger partial charge in [-0.2, -0.15) is 4.31 Å². The number of benzene rings is 2. The molecule has 8 nitrogen and oxygen atoms in total. The van der Waals surface area contributed by atoms with Gasteiger partial charge in [0.25, 0.3) is 5.91 Å². The molecule has 2 aliphatic heterocycles. The average molecular weight is 429 g/mol. The van der Waals surface area contributed by atoms with Crippen molar-refractivity contribution in [2.45, 2.75) is 43.7 Å². The van der Waals surface area contributed by atoms with Crippen LogP contribution in [0.3, 0.4) is 0 Å². The Morgan fingerprint density at radius 3 is 2.70 bits per heavy atom. The molecule has 0 spiro atoms. The number of nitrogens with zero attached hydrogens (tertiary/aromatic N) is 1. The number of nitrogens with one attached hydrogen (secondary N) is 2. The van der Waals surface area contributed by atoms with Crippen molar-refractivity contribution in [3.63, 3.8) is 0 Å². The molecule has 0 aliphatic carbocycles. The van der Waals surface area contributed by atoms with Crippen LogP contribution in [0.1, 0.15) is 25.3 Å². The molecule has 2 unspecified atom stereocenters. The van der Waals surface area contributed by atoms with E-state index < -0.39 is 22.2 Å². The Bertz CT molecular complexity index is 1100. The molecule has 0 saturated carbocycles. The number of carbonyl (C=O) groups is 2. The number of rotatable bonds is 4. The molecule has 2 aromatic carbocycles. The van der Waals surface area contributed by atoms with Crippen LogP contribution in [-0.4, -0.2) is 43.2 Å². The number of hydrogen-bond donors (Lipinski definition) is 2. The highest BCUT2D eigenvalue weighted by molar-refractivity contribution is 7.89. The van der Waals surface area contributed by atoms with Gasteiger partial charge in [0.2, 0.25) is 15.9 Å². The van der Waals surface area contributed by atoms with Crippen molar-refractivity contribution in [2.75, 3.05) is 17.2 Å². The Balaban J connectivity index is 1.63. The number of hydrogen-bond acceptors (Lipinski definition) is 5. The Morgan fingerprint density at radius 2 is 1.97 bits per heavy atom. The normalized spacial score (nSPS) is 21.5. The van der Waals surface area contributed by atoms with E-state index in [0.717, 1.165) is 0 Å². The zero-order chi connectivity index (χ0) is 21.5. The Labute approximate surface area is 175 Å². The van der Waals surface area contributed by atoms with Crippen LogP contribution in [0.4, 0.5) is 11.4 Å². The fraction of sp³-hybridized carbons (Fsp3) is 0.333. The molecule has 1 fully saturated rings. The fourth-order valence-electron chi connectivity index (χ4n) is 3.78. The van der Waals surface area contributed by atoms with E-state index in [1.807, 2.05) is 6.07 Å². The molecule has 30 heavy (non-hydrogen) atoms.